The van der Waals surface area contributed by atoms with Crippen molar-refractivity contribution in [2.45, 2.75) is 248 Å². The van der Waals surface area contributed by atoms with Crippen LogP contribution in [0.3, 0.4) is 0 Å². The second kappa shape index (κ2) is 37.6. The fraction of sp³-hybridized carbons (Fsp3) is 0.479. The van der Waals surface area contributed by atoms with Crippen molar-refractivity contribution in [1.82, 2.24) is 9.80 Å². The van der Waals surface area contributed by atoms with Crippen molar-refractivity contribution in [1.29, 1.82) is 0 Å². The second-order valence-corrected chi connectivity index (χ2v) is 32.2. The Kier molecular flexibility index (Phi) is 28.9. The Bertz CT molecular complexity index is 4190. The fourth-order valence-electron chi connectivity index (χ4n) is 19.2. The number of hydrogen-bond donors (Lipinski definition) is 0. The average molecular weight is 1600 g/mol. The first-order chi connectivity index (χ1) is 51.2. The molecule has 0 aromatic heterocycles. The molecular weight excluding hydrogens is 1480 g/mol. The van der Waals surface area contributed by atoms with Crippen LogP contribution in [0, 0.1) is 83.1 Å². The van der Waals surface area contributed by atoms with E-state index in [0.717, 1.165) is 152 Å². The number of benzene rings is 8. The quantitative estimate of drug-likeness (QED) is 0.121. The minimum Gasteiger partial charge on any atom is -0.662 e. The zero-order valence-corrected chi connectivity index (χ0v) is 73.2. The van der Waals surface area contributed by atoms with Gasteiger partial charge in [0.25, 0.3) is 0 Å². The van der Waals surface area contributed by atoms with E-state index in [-0.39, 0.29) is 102 Å². The Morgan fingerprint density at radius 2 is 0.519 bits per heavy atom. The SMILES string of the molecule is CC(=O)N1CCC(c2ccc(OC3CCc4cccc(C)c43)c(C)c2C)CC1.CC(=O)N1CCC(c2ccc(O[C@H]3CCc4cccc(C)c43)c(C)c2C)CC1.Cc1cccc2c1C(Oc1ccc(C3CC[N-]CC3)c(C)c1C)CC2.Cc1cccc2c1[C@@H](Oc1ccc(C3CC[N-]CC3)c(C)c1C)CC2.[Y].[Y]. The molecule has 0 saturated carbocycles. The molecule has 8 aliphatic rings. The molecular formula is C96H118N4O6Y2-2. The van der Waals surface area contributed by atoms with Crippen LogP contribution in [0.25, 0.3) is 10.6 Å². The summed E-state index contributed by atoms with van der Waals surface area (Å²) < 4.78 is 26.1. The summed E-state index contributed by atoms with van der Waals surface area (Å²) in [7, 11) is 0. The van der Waals surface area contributed by atoms with Crippen LogP contribution in [0.2, 0.25) is 0 Å². The molecule has 0 N–H and O–H groups in total. The molecule has 4 heterocycles. The van der Waals surface area contributed by atoms with Crippen LogP contribution in [0.4, 0.5) is 0 Å². The predicted molar refractivity (Wildman–Crippen MR) is 434 cm³/mol. The summed E-state index contributed by atoms with van der Waals surface area (Å²) in [5, 5.41) is 8.99. The minimum atomic E-state index is 0. The summed E-state index contributed by atoms with van der Waals surface area (Å²) in [6.45, 7) is 37.4. The van der Waals surface area contributed by atoms with E-state index in [1.165, 1.54) is 159 Å². The molecule has 2 amide bonds. The maximum absolute atomic E-state index is 11.6. The van der Waals surface area contributed by atoms with Gasteiger partial charge < -0.3 is 39.4 Å². The van der Waals surface area contributed by atoms with Crippen LogP contribution in [0.5, 0.6) is 23.0 Å². The Labute approximate surface area is 697 Å². The third kappa shape index (κ3) is 18.5. The number of carbonyl (C=O) groups excluding carboxylic acids is 2. The molecule has 0 bridgehead atoms. The van der Waals surface area contributed by atoms with Gasteiger partial charge in [-0.1, -0.05) is 123 Å². The predicted octanol–water partition coefficient (Wildman–Crippen LogP) is 22.7. The summed E-state index contributed by atoms with van der Waals surface area (Å²) in [6, 6.07) is 44.3. The maximum atomic E-state index is 11.6. The minimum absolute atomic E-state index is 0. The molecule has 0 spiro atoms. The normalized spacial score (nSPS) is 19.6. The summed E-state index contributed by atoms with van der Waals surface area (Å²) in [5.41, 5.74) is 33.3. The van der Waals surface area contributed by atoms with E-state index in [1.807, 2.05) is 9.80 Å². The number of amides is 2. The smallest absolute Gasteiger partial charge is 0.219 e. The van der Waals surface area contributed by atoms with Crippen LogP contribution >= 0.6 is 0 Å². The van der Waals surface area contributed by atoms with E-state index in [0.29, 0.717) is 23.7 Å². The van der Waals surface area contributed by atoms with Crippen LogP contribution < -0.4 is 18.9 Å². The molecule has 108 heavy (non-hydrogen) atoms. The van der Waals surface area contributed by atoms with Crippen molar-refractivity contribution in [2.24, 2.45) is 0 Å². The number of aryl methyl sites for hydroxylation is 8. The van der Waals surface area contributed by atoms with Crippen molar-refractivity contribution in [3.63, 3.8) is 0 Å². The van der Waals surface area contributed by atoms with Gasteiger partial charge in [0, 0.05) is 105 Å². The van der Waals surface area contributed by atoms with Crippen molar-refractivity contribution >= 4 is 11.8 Å². The topological polar surface area (TPSA) is 106 Å². The Morgan fingerprint density at radius 1 is 0.296 bits per heavy atom. The molecule has 4 fully saturated rings. The molecule has 4 aliphatic carbocycles. The second-order valence-electron chi connectivity index (χ2n) is 32.2. The number of carbonyl (C=O) groups is 2. The van der Waals surface area contributed by atoms with Crippen LogP contribution in [-0.2, 0) is 101 Å². The molecule has 4 atom stereocenters. The van der Waals surface area contributed by atoms with Crippen LogP contribution in [0.1, 0.15) is 273 Å². The molecule has 566 valence electrons. The number of fused-ring (bicyclic) bond motifs is 4. The molecule has 2 unspecified atom stereocenters. The van der Waals surface area contributed by atoms with E-state index in [2.05, 4.69) is 215 Å². The van der Waals surface area contributed by atoms with Gasteiger partial charge in [0.2, 0.25) is 11.8 Å². The molecule has 8 aromatic rings. The number of hydrogen-bond acceptors (Lipinski definition) is 6. The molecule has 12 heteroatoms. The zero-order chi connectivity index (χ0) is 74.4. The number of rotatable bonds is 12. The summed E-state index contributed by atoms with van der Waals surface area (Å²) in [4.78, 5) is 27.1. The van der Waals surface area contributed by atoms with Gasteiger partial charge in [-0.25, -0.2) is 0 Å². The van der Waals surface area contributed by atoms with E-state index >= 15 is 0 Å². The van der Waals surface area contributed by atoms with Crippen molar-refractivity contribution in [3.05, 3.63) is 265 Å². The first-order valence-electron chi connectivity index (χ1n) is 40.4. The molecule has 16 rings (SSSR count). The largest absolute Gasteiger partial charge is 0.662 e. The van der Waals surface area contributed by atoms with Crippen molar-refractivity contribution < 1.29 is 94.0 Å². The Hall–Kier alpha value is -5.97. The zero-order valence-electron chi connectivity index (χ0n) is 67.5. The van der Waals surface area contributed by atoms with Gasteiger partial charge in [-0.2, -0.15) is 0 Å². The van der Waals surface area contributed by atoms with E-state index in [4.69, 9.17) is 18.9 Å². The summed E-state index contributed by atoms with van der Waals surface area (Å²) in [6.07, 6.45) is 18.5. The van der Waals surface area contributed by atoms with Gasteiger partial charge in [-0.05, 0) is 342 Å². The standard InChI is InChI=1S/2C25H31NO2.2C23H28NO.2Y/c2*1-16-6-5-7-21-8-10-24(25(16)21)28-23-11-9-22(17(2)18(23)3)20-12-14-26(15-13-20)19(4)27;2*1-15-5-4-6-19-7-9-22(23(15)19)25-21-10-8-20(16(2)17(21)3)18-11-13-24-14-12-18;;/h2*5-7,9,11,20,24H,8,10,12-15H2,1-4H3;2*4-6,8,10,18,22H,7,9,11-14H2,1-3H3;;/q;;2*-1;;/t24-;;22-;;;/m0.0.../s1. The molecule has 8 aromatic carbocycles. The van der Waals surface area contributed by atoms with E-state index < -0.39 is 0 Å². The molecule has 4 aliphatic heterocycles. The number of nitrogens with zero attached hydrogens (tertiary/aromatic N) is 4. The number of piperidine rings is 4. The monoisotopic (exact) mass is 1600 g/mol. The fourth-order valence-corrected chi connectivity index (χ4v) is 19.2. The number of ether oxygens (including phenoxy) is 4. The van der Waals surface area contributed by atoms with Crippen LogP contribution in [-0.4, -0.2) is 74.0 Å². The third-order valence-electron chi connectivity index (χ3n) is 26.0. The van der Waals surface area contributed by atoms with Gasteiger partial charge in [0.05, 0.1) is 0 Å². The third-order valence-corrected chi connectivity index (χ3v) is 26.0. The van der Waals surface area contributed by atoms with Crippen LogP contribution in [0.15, 0.2) is 121 Å². The number of likely N-dealkylation sites (tertiary alicyclic amines) is 2. The molecule has 2 radical (unpaired) electrons. The Morgan fingerprint density at radius 3 is 0.741 bits per heavy atom. The molecule has 4 saturated heterocycles. The van der Waals surface area contributed by atoms with Gasteiger partial charge in [-0.15, -0.1) is 26.2 Å². The Balaban J connectivity index is 0.000000143. The van der Waals surface area contributed by atoms with Gasteiger partial charge >= 0.3 is 0 Å². The maximum Gasteiger partial charge on any atom is 0.219 e. The van der Waals surface area contributed by atoms with E-state index in [1.54, 1.807) is 13.8 Å². The van der Waals surface area contributed by atoms with E-state index in [9.17, 15) is 9.59 Å². The van der Waals surface area contributed by atoms with Crippen molar-refractivity contribution in [2.75, 3.05) is 52.4 Å². The summed E-state index contributed by atoms with van der Waals surface area (Å²) >= 11 is 0. The average Bonchev–Trinajstić information content (AvgIpc) is 1.63. The van der Waals surface area contributed by atoms with Crippen molar-refractivity contribution in [3.8, 4) is 23.0 Å². The summed E-state index contributed by atoms with van der Waals surface area (Å²) in [5.74, 6) is 6.96. The van der Waals surface area contributed by atoms with Gasteiger partial charge in [0.15, 0.2) is 0 Å². The van der Waals surface area contributed by atoms with Gasteiger partial charge in [-0.3, -0.25) is 9.59 Å². The first kappa shape index (κ1) is 83.0. The first-order valence-corrected chi connectivity index (χ1v) is 40.4. The van der Waals surface area contributed by atoms with Gasteiger partial charge in [0.1, 0.15) is 47.4 Å². The molecule has 10 nitrogen and oxygen atoms in total.